The second-order valence-electron chi connectivity index (χ2n) is 4.40. The molecule has 2 aromatic rings. The molecule has 1 N–H and O–H groups in total. The molecule has 1 aromatic carbocycles. The summed E-state index contributed by atoms with van der Waals surface area (Å²) >= 11 is 0. The number of aliphatic hydroxyl groups is 1. The van der Waals surface area contributed by atoms with Crippen LogP contribution in [-0.4, -0.2) is 31.9 Å². The normalized spacial score (nSPS) is 12.9. The lowest BCUT2D eigenvalue weighted by molar-refractivity contribution is 0.219. The molecular formula is C14H15NO4S. The molecule has 0 bridgehead atoms. The highest BCUT2D eigenvalue weighted by Gasteiger charge is 2.13. The molecule has 0 saturated heterocycles. The average Bonchev–Trinajstić information content (AvgIpc) is 2.46. The molecule has 0 aliphatic rings. The molecule has 20 heavy (non-hydrogen) atoms. The first-order chi connectivity index (χ1) is 9.41. The van der Waals surface area contributed by atoms with Crippen LogP contribution in [0.25, 0.3) is 0 Å². The van der Waals surface area contributed by atoms with Crippen LogP contribution in [0.2, 0.25) is 0 Å². The molecular weight excluding hydrogens is 278 g/mol. The van der Waals surface area contributed by atoms with Gasteiger partial charge in [-0.2, -0.15) is 0 Å². The van der Waals surface area contributed by atoms with Crippen molar-refractivity contribution in [2.45, 2.75) is 11.0 Å². The molecule has 106 valence electrons. The van der Waals surface area contributed by atoms with Gasteiger partial charge in [-0.3, -0.25) is 4.98 Å². The van der Waals surface area contributed by atoms with Gasteiger partial charge in [0.2, 0.25) is 0 Å². The van der Waals surface area contributed by atoms with Crippen molar-refractivity contribution in [3.05, 3.63) is 53.9 Å². The predicted molar refractivity (Wildman–Crippen MR) is 74.4 cm³/mol. The second kappa shape index (κ2) is 5.60. The smallest absolute Gasteiger partial charge is 0.175 e. The number of aromatic nitrogens is 1. The van der Waals surface area contributed by atoms with Crippen LogP contribution in [0.15, 0.2) is 47.6 Å². The van der Waals surface area contributed by atoms with Crippen LogP contribution in [-0.2, 0) is 9.84 Å². The fourth-order valence-electron chi connectivity index (χ4n) is 1.79. The number of nitrogens with zero attached hydrogens (tertiary/aromatic N) is 1. The Morgan fingerprint density at radius 2 is 1.80 bits per heavy atom. The summed E-state index contributed by atoms with van der Waals surface area (Å²) in [6, 6.07) is 7.80. The molecule has 6 heteroatoms. The highest BCUT2D eigenvalue weighted by Crippen LogP contribution is 2.24. The zero-order chi connectivity index (χ0) is 14.8. The van der Waals surface area contributed by atoms with E-state index in [1.165, 1.54) is 25.4 Å². The van der Waals surface area contributed by atoms with Crippen molar-refractivity contribution in [2.24, 2.45) is 0 Å². The van der Waals surface area contributed by atoms with Crippen LogP contribution in [0.5, 0.6) is 5.75 Å². The molecule has 0 amide bonds. The lowest BCUT2D eigenvalue weighted by Gasteiger charge is -2.12. The Labute approximate surface area is 117 Å². The van der Waals surface area contributed by atoms with Crippen molar-refractivity contribution in [2.75, 3.05) is 13.4 Å². The molecule has 2 rings (SSSR count). The standard InChI is InChI=1S/C14H15NO4S/c1-19-12-7-11(8-15-9-12)14(16)10-3-5-13(6-4-10)20(2,17)18/h3-9,14,16H,1-2H3. The summed E-state index contributed by atoms with van der Waals surface area (Å²) in [6.07, 6.45) is 3.34. The zero-order valence-electron chi connectivity index (χ0n) is 11.1. The fourth-order valence-corrected chi connectivity index (χ4v) is 2.42. The minimum absolute atomic E-state index is 0.220. The summed E-state index contributed by atoms with van der Waals surface area (Å²) in [6.45, 7) is 0. The van der Waals surface area contributed by atoms with Crippen LogP contribution in [0.3, 0.4) is 0 Å². The third-order valence-electron chi connectivity index (χ3n) is 2.91. The van der Waals surface area contributed by atoms with Gasteiger partial charge in [-0.05, 0) is 23.8 Å². The topological polar surface area (TPSA) is 76.5 Å². The Hall–Kier alpha value is -1.92. The number of rotatable bonds is 4. The first-order valence-corrected chi connectivity index (χ1v) is 7.78. The second-order valence-corrected chi connectivity index (χ2v) is 6.42. The largest absolute Gasteiger partial charge is 0.495 e. The monoisotopic (exact) mass is 293 g/mol. The van der Waals surface area contributed by atoms with Gasteiger partial charge in [-0.1, -0.05) is 12.1 Å². The number of sulfone groups is 1. The van der Waals surface area contributed by atoms with Crippen molar-refractivity contribution >= 4 is 9.84 Å². The van der Waals surface area contributed by atoms with Gasteiger partial charge in [0.25, 0.3) is 0 Å². The van der Waals surface area contributed by atoms with E-state index in [0.29, 0.717) is 16.9 Å². The van der Waals surface area contributed by atoms with Crippen molar-refractivity contribution in [1.29, 1.82) is 0 Å². The molecule has 5 nitrogen and oxygen atoms in total. The van der Waals surface area contributed by atoms with Gasteiger partial charge < -0.3 is 9.84 Å². The Bertz CT molecular complexity index is 695. The van der Waals surface area contributed by atoms with E-state index in [2.05, 4.69) is 4.98 Å². The van der Waals surface area contributed by atoms with E-state index >= 15 is 0 Å². The van der Waals surface area contributed by atoms with E-state index in [0.717, 1.165) is 6.26 Å². The number of ether oxygens (including phenoxy) is 1. The van der Waals surface area contributed by atoms with Gasteiger partial charge in [0.05, 0.1) is 18.2 Å². The fraction of sp³-hybridized carbons (Fsp3) is 0.214. The van der Waals surface area contributed by atoms with E-state index in [-0.39, 0.29) is 4.90 Å². The Kier molecular flexibility index (Phi) is 4.06. The number of methoxy groups -OCH3 is 1. The maximum atomic E-state index is 11.4. The predicted octanol–water partition coefficient (Wildman–Crippen LogP) is 1.58. The number of hydrogen-bond acceptors (Lipinski definition) is 5. The molecule has 1 aromatic heterocycles. The zero-order valence-corrected chi connectivity index (χ0v) is 12.0. The van der Waals surface area contributed by atoms with E-state index < -0.39 is 15.9 Å². The molecule has 0 fully saturated rings. The molecule has 0 aliphatic carbocycles. The highest BCUT2D eigenvalue weighted by atomic mass is 32.2. The minimum atomic E-state index is -3.23. The van der Waals surface area contributed by atoms with Crippen molar-refractivity contribution < 1.29 is 18.3 Å². The molecule has 0 radical (unpaired) electrons. The van der Waals surface area contributed by atoms with E-state index in [1.807, 2.05) is 0 Å². The van der Waals surface area contributed by atoms with Crippen LogP contribution in [0.1, 0.15) is 17.2 Å². The lowest BCUT2D eigenvalue weighted by atomic mass is 10.0. The molecule has 0 aliphatic heterocycles. The molecule has 0 saturated carbocycles. The third kappa shape index (κ3) is 3.15. The molecule has 1 heterocycles. The summed E-state index contributed by atoms with van der Waals surface area (Å²) in [5.41, 5.74) is 1.17. The summed E-state index contributed by atoms with van der Waals surface area (Å²) in [4.78, 5) is 4.20. The van der Waals surface area contributed by atoms with Gasteiger partial charge in [0.1, 0.15) is 11.9 Å². The first kappa shape index (κ1) is 14.5. The van der Waals surface area contributed by atoms with Gasteiger partial charge >= 0.3 is 0 Å². The van der Waals surface area contributed by atoms with Gasteiger partial charge in [-0.15, -0.1) is 0 Å². The van der Waals surface area contributed by atoms with E-state index in [4.69, 9.17) is 4.74 Å². The number of benzene rings is 1. The number of hydrogen-bond donors (Lipinski definition) is 1. The average molecular weight is 293 g/mol. The van der Waals surface area contributed by atoms with Gasteiger partial charge in [-0.25, -0.2) is 8.42 Å². The maximum absolute atomic E-state index is 11.4. The summed E-state index contributed by atoms with van der Waals surface area (Å²) < 4.78 is 27.8. The van der Waals surface area contributed by atoms with Crippen molar-refractivity contribution in [3.63, 3.8) is 0 Å². The van der Waals surface area contributed by atoms with Gasteiger partial charge in [0, 0.05) is 18.0 Å². The SMILES string of the molecule is COc1cncc(C(O)c2ccc(S(C)(=O)=O)cc2)c1. The third-order valence-corrected chi connectivity index (χ3v) is 4.04. The Balaban J connectivity index is 2.31. The minimum Gasteiger partial charge on any atom is -0.495 e. The molecule has 0 spiro atoms. The number of pyridine rings is 1. The van der Waals surface area contributed by atoms with E-state index in [9.17, 15) is 13.5 Å². The van der Waals surface area contributed by atoms with Crippen LogP contribution in [0, 0.1) is 0 Å². The molecule has 1 unspecified atom stereocenters. The molecule has 1 atom stereocenters. The van der Waals surface area contributed by atoms with Crippen LogP contribution < -0.4 is 4.74 Å². The summed E-state index contributed by atoms with van der Waals surface area (Å²) in [5.74, 6) is 0.550. The van der Waals surface area contributed by atoms with Gasteiger partial charge in [0.15, 0.2) is 9.84 Å². The van der Waals surface area contributed by atoms with Crippen molar-refractivity contribution in [1.82, 2.24) is 4.98 Å². The highest BCUT2D eigenvalue weighted by molar-refractivity contribution is 7.90. The Morgan fingerprint density at radius 1 is 1.15 bits per heavy atom. The number of aliphatic hydroxyl groups excluding tert-OH is 1. The lowest BCUT2D eigenvalue weighted by Crippen LogP contribution is -2.02. The Morgan fingerprint density at radius 3 is 2.35 bits per heavy atom. The van der Waals surface area contributed by atoms with Crippen molar-refractivity contribution in [3.8, 4) is 5.75 Å². The van der Waals surface area contributed by atoms with Crippen LogP contribution >= 0.6 is 0 Å². The quantitative estimate of drug-likeness (QED) is 0.926. The van der Waals surface area contributed by atoms with Crippen LogP contribution in [0.4, 0.5) is 0 Å². The summed E-state index contributed by atoms with van der Waals surface area (Å²) in [5, 5.41) is 10.3. The summed E-state index contributed by atoms with van der Waals surface area (Å²) in [7, 11) is -1.71. The maximum Gasteiger partial charge on any atom is 0.175 e. The van der Waals surface area contributed by atoms with E-state index in [1.54, 1.807) is 24.4 Å². The first-order valence-electron chi connectivity index (χ1n) is 5.89.